The van der Waals surface area contributed by atoms with E-state index in [9.17, 15) is 33.9 Å². The summed E-state index contributed by atoms with van der Waals surface area (Å²) in [5.74, 6) is -3.28. The van der Waals surface area contributed by atoms with Gasteiger partial charge in [-0.2, -0.15) is 0 Å². The number of carbonyl (C=O) groups is 6. The van der Waals surface area contributed by atoms with Crippen LogP contribution in [0.1, 0.15) is 65.4 Å². The number of aromatic hydroxyl groups is 1. The van der Waals surface area contributed by atoms with Crippen LogP contribution in [0.15, 0.2) is 24.3 Å². The van der Waals surface area contributed by atoms with Gasteiger partial charge >= 0.3 is 12.2 Å². The maximum atomic E-state index is 13.4. The quantitative estimate of drug-likeness (QED) is 0.0459. The number of esters is 1. The zero-order valence-electron chi connectivity index (χ0n) is 24.4. The van der Waals surface area contributed by atoms with Gasteiger partial charge < -0.3 is 31.1 Å². The Balaban J connectivity index is 3.15. The van der Waals surface area contributed by atoms with Crippen molar-refractivity contribution in [3.8, 4) is 5.75 Å². The lowest BCUT2D eigenvalue weighted by Crippen LogP contribution is -2.56. The third-order valence-corrected chi connectivity index (χ3v) is 5.84. The number of Topliss-reactive ketones (excluding diaryl/α,β-unsaturated/α-hetero) is 1. The average molecular weight is 590 g/mol. The molecule has 230 valence electrons. The molecular weight excluding hydrogens is 548 g/mol. The highest BCUT2D eigenvalue weighted by Crippen LogP contribution is 2.12. The number of unbranched alkanes of at least 4 members (excludes halogenated alkanes) is 1. The summed E-state index contributed by atoms with van der Waals surface area (Å²) in [6, 6.07) is 2.68. The minimum absolute atomic E-state index is 0.0366. The Morgan fingerprint density at radius 3 is 2.07 bits per heavy atom. The smallest absolute Gasteiger partial charge is 0.372 e. The van der Waals surface area contributed by atoms with Gasteiger partial charge in [-0.3, -0.25) is 24.0 Å². The zero-order chi connectivity index (χ0) is 31.7. The van der Waals surface area contributed by atoms with Gasteiger partial charge in [0, 0.05) is 33.2 Å². The van der Waals surface area contributed by atoms with Gasteiger partial charge in [-0.1, -0.05) is 12.1 Å². The second kappa shape index (κ2) is 18.7. The summed E-state index contributed by atoms with van der Waals surface area (Å²) in [6.07, 6.45) is 1.12. The van der Waals surface area contributed by atoms with Crippen LogP contribution in [0, 0.1) is 5.53 Å². The number of carbonyl (C=O) groups excluding carboxylic acids is 6. The molecule has 0 aromatic heterocycles. The first-order chi connectivity index (χ1) is 19.8. The van der Waals surface area contributed by atoms with Gasteiger partial charge in [0.05, 0.1) is 16.4 Å². The standard InChI is InChI=1S/C28H40N6O8/c1-17(2)42-28(41)24(13-12-22(38)16-31-29)34-26(39)23(7-5-6-14-30-18(3)35)33-27(40)25(32-19(4)36)15-20-8-10-21(37)11-9-20/h8-11,16-17,23-25,29H,5-7,12-15H2,1-4H3,(H4-,30,32,33,34,35,36,37,39,40)/p+1/t23-,24-,25-/m0/s1. The van der Waals surface area contributed by atoms with Gasteiger partial charge in [0.2, 0.25) is 29.4 Å². The van der Waals surface area contributed by atoms with Crippen molar-refractivity contribution >= 4 is 41.6 Å². The second-order valence-electron chi connectivity index (χ2n) is 9.97. The molecule has 0 radical (unpaired) electrons. The summed E-state index contributed by atoms with van der Waals surface area (Å²) in [5, 5.41) is 20.0. The number of benzene rings is 1. The van der Waals surface area contributed by atoms with Crippen LogP contribution in [0.25, 0.3) is 0 Å². The molecule has 3 atom stereocenters. The van der Waals surface area contributed by atoms with E-state index < -0.39 is 53.7 Å². The van der Waals surface area contributed by atoms with Crippen molar-refractivity contribution in [1.29, 1.82) is 5.53 Å². The van der Waals surface area contributed by atoms with E-state index in [4.69, 9.17) is 10.3 Å². The molecule has 0 bridgehead atoms. The number of hydrogen-bond acceptors (Lipinski definition) is 9. The van der Waals surface area contributed by atoms with Gasteiger partial charge in [0.25, 0.3) is 0 Å². The summed E-state index contributed by atoms with van der Waals surface area (Å²) >= 11 is 0. The molecule has 14 nitrogen and oxygen atoms in total. The summed E-state index contributed by atoms with van der Waals surface area (Å²) in [6.45, 7) is 6.24. The predicted octanol–water partition coefficient (Wildman–Crippen LogP) is 0.326. The molecule has 42 heavy (non-hydrogen) atoms. The molecule has 0 fully saturated rings. The van der Waals surface area contributed by atoms with Crippen LogP contribution in [-0.4, -0.2) is 82.3 Å². The molecule has 0 saturated carbocycles. The van der Waals surface area contributed by atoms with Crippen LogP contribution in [0.3, 0.4) is 0 Å². The molecule has 0 saturated heterocycles. The van der Waals surface area contributed by atoms with E-state index in [-0.39, 0.29) is 37.3 Å². The van der Waals surface area contributed by atoms with Crippen molar-refractivity contribution < 1.29 is 43.4 Å². The number of amides is 4. The first kappa shape index (κ1) is 35.4. The fourth-order valence-electron chi connectivity index (χ4n) is 3.86. The fourth-order valence-corrected chi connectivity index (χ4v) is 3.86. The lowest BCUT2D eigenvalue weighted by atomic mass is 10.0. The highest BCUT2D eigenvalue weighted by Gasteiger charge is 2.30. The minimum Gasteiger partial charge on any atom is -0.508 e. The first-order valence-corrected chi connectivity index (χ1v) is 13.7. The molecule has 0 aliphatic carbocycles. The fraction of sp³-hybridized carbons (Fsp3) is 0.536. The van der Waals surface area contributed by atoms with Crippen molar-refractivity contribution in [3.05, 3.63) is 29.8 Å². The first-order valence-electron chi connectivity index (χ1n) is 13.7. The van der Waals surface area contributed by atoms with E-state index in [1.54, 1.807) is 26.0 Å². The number of rotatable bonds is 18. The van der Waals surface area contributed by atoms with Crippen LogP contribution in [0.5, 0.6) is 5.75 Å². The van der Waals surface area contributed by atoms with Crippen molar-refractivity contribution in [3.63, 3.8) is 0 Å². The number of phenolic OH excluding ortho intramolecular Hbond substituents is 1. The van der Waals surface area contributed by atoms with Crippen molar-refractivity contribution in [2.24, 2.45) is 0 Å². The third kappa shape index (κ3) is 14.7. The molecule has 0 spiro atoms. The average Bonchev–Trinajstić information content (AvgIpc) is 2.90. The van der Waals surface area contributed by atoms with Gasteiger partial charge in [-0.05, 0) is 57.2 Å². The molecule has 0 heterocycles. The van der Waals surface area contributed by atoms with E-state index in [2.05, 4.69) is 26.1 Å². The van der Waals surface area contributed by atoms with E-state index >= 15 is 0 Å². The van der Waals surface area contributed by atoms with Crippen LogP contribution >= 0.6 is 0 Å². The largest absolute Gasteiger partial charge is 0.508 e. The van der Waals surface area contributed by atoms with Crippen molar-refractivity contribution in [2.45, 2.75) is 90.4 Å². The lowest BCUT2D eigenvalue weighted by molar-refractivity contribution is -0.152. The number of nitrogens with zero attached hydrogens (tertiary/aromatic N) is 1. The SMILES string of the molecule is CC(=O)NCCCC[C@H](NC(=O)[C@H](Cc1ccc(O)cc1)NC(C)=O)C(=O)N[C@@H](CCC(=O)C=[N+]=N)C(=O)OC(C)C. The van der Waals surface area contributed by atoms with Gasteiger partial charge in [0.15, 0.2) is 0 Å². The highest BCUT2D eigenvalue weighted by molar-refractivity contribution is 6.25. The molecule has 0 unspecified atom stereocenters. The molecule has 14 heteroatoms. The van der Waals surface area contributed by atoms with Crippen molar-refractivity contribution in [2.75, 3.05) is 6.54 Å². The van der Waals surface area contributed by atoms with Crippen LogP contribution in [0.2, 0.25) is 0 Å². The van der Waals surface area contributed by atoms with E-state index in [0.717, 1.165) is 6.21 Å². The molecule has 0 aliphatic heterocycles. The normalized spacial score (nSPS) is 12.6. The summed E-state index contributed by atoms with van der Waals surface area (Å²) < 4.78 is 5.23. The Bertz CT molecular complexity index is 1150. The van der Waals surface area contributed by atoms with Crippen LogP contribution in [-0.2, 0) is 39.9 Å². The topological polar surface area (TPSA) is 218 Å². The molecule has 1 rings (SSSR count). The van der Waals surface area contributed by atoms with Crippen molar-refractivity contribution in [1.82, 2.24) is 21.3 Å². The number of nitrogens with one attached hydrogen (secondary N) is 5. The summed E-state index contributed by atoms with van der Waals surface area (Å²) in [7, 11) is 0. The molecular formula is C28H41N6O8+. The molecule has 4 amide bonds. The van der Waals surface area contributed by atoms with Crippen LogP contribution in [0.4, 0.5) is 0 Å². The highest BCUT2D eigenvalue weighted by atomic mass is 16.5. The second-order valence-corrected chi connectivity index (χ2v) is 9.97. The molecule has 6 N–H and O–H groups in total. The Kier molecular flexibility index (Phi) is 15.8. The van der Waals surface area contributed by atoms with E-state index in [1.165, 1.54) is 26.0 Å². The zero-order valence-corrected chi connectivity index (χ0v) is 24.4. The predicted molar refractivity (Wildman–Crippen MR) is 150 cm³/mol. The summed E-state index contributed by atoms with van der Waals surface area (Å²) in [4.78, 5) is 77.2. The van der Waals surface area contributed by atoms with Gasteiger partial charge in [-0.15, -0.1) is 0 Å². The maximum Gasteiger partial charge on any atom is 0.372 e. The monoisotopic (exact) mass is 589 g/mol. The lowest BCUT2D eigenvalue weighted by Gasteiger charge is -2.25. The van der Waals surface area contributed by atoms with E-state index in [0.29, 0.717) is 24.9 Å². The Morgan fingerprint density at radius 2 is 1.50 bits per heavy atom. The number of ketones is 1. The number of hydrogen-bond donors (Lipinski definition) is 6. The number of phenols is 1. The molecule has 0 aliphatic rings. The third-order valence-electron chi connectivity index (χ3n) is 5.84. The summed E-state index contributed by atoms with van der Waals surface area (Å²) in [5.41, 5.74) is 7.44. The van der Waals surface area contributed by atoms with Crippen LogP contribution < -0.4 is 21.3 Å². The Labute approximate surface area is 244 Å². The van der Waals surface area contributed by atoms with Gasteiger partial charge in [0.1, 0.15) is 23.9 Å². The van der Waals surface area contributed by atoms with E-state index in [1.807, 2.05) is 0 Å². The minimum atomic E-state index is -1.22. The number of ether oxygens (including phenoxy) is 1. The Hall–Kier alpha value is -4.58. The maximum absolute atomic E-state index is 13.4. The molecule has 1 aromatic carbocycles. The van der Waals surface area contributed by atoms with Gasteiger partial charge in [-0.25, -0.2) is 4.79 Å². The Morgan fingerprint density at radius 1 is 0.881 bits per heavy atom. The molecule has 1 aromatic rings.